The first kappa shape index (κ1) is 11.8. The normalized spacial score (nSPS) is 11.0. The van der Waals surface area contributed by atoms with Crippen molar-refractivity contribution in [1.82, 2.24) is 0 Å². The molecule has 0 amide bonds. The van der Waals surface area contributed by atoms with Gasteiger partial charge in [0.15, 0.2) is 0 Å². The molecule has 0 aliphatic carbocycles. The molecule has 1 aromatic rings. The predicted octanol–water partition coefficient (Wildman–Crippen LogP) is 2.90. The molecule has 0 radical (unpaired) electrons. The molecule has 0 aromatic heterocycles. The van der Waals surface area contributed by atoms with Crippen molar-refractivity contribution >= 4 is 47.3 Å². The van der Waals surface area contributed by atoms with Gasteiger partial charge in [0, 0.05) is 15.2 Å². The maximum atomic E-state index is 11.1. The Hall–Kier alpha value is -0.280. The van der Waals surface area contributed by atoms with Crippen molar-refractivity contribution in [3.8, 4) is 6.07 Å². The standard InChI is InChI=1S/C7H2BrCl2NO2S/c8-5-1-4(3-11)7(6(9)2-5)14(10,12)13/h1-2H. The summed E-state index contributed by atoms with van der Waals surface area (Å²) in [6, 6.07) is 4.40. The molecular formula is C7H2BrCl2NO2S. The molecule has 0 atom stereocenters. The summed E-state index contributed by atoms with van der Waals surface area (Å²) in [6.07, 6.45) is 0. The molecule has 74 valence electrons. The number of nitrogens with zero attached hydrogens (tertiary/aromatic N) is 1. The maximum absolute atomic E-state index is 11.1. The molecule has 0 spiro atoms. The highest BCUT2D eigenvalue weighted by molar-refractivity contribution is 9.10. The van der Waals surface area contributed by atoms with Crippen molar-refractivity contribution in [2.24, 2.45) is 0 Å². The highest BCUT2D eigenvalue weighted by Gasteiger charge is 2.20. The van der Waals surface area contributed by atoms with E-state index in [1.807, 2.05) is 0 Å². The van der Waals surface area contributed by atoms with Crippen LogP contribution in [0, 0.1) is 11.3 Å². The Balaban J connectivity index is 3.68. The molecule has 3 nitrogen and oxygen atoms in total. The average molecular weight is 315 g/mol. The zero-order chi connectivity index (χ0) is 10.9. The van der Waals surface area contributed by atoms with E-state index in [9.17, 15) is 8.42 Å². The highest BCUT2D eigenvalue weighted by Crippen LogP contribution is 2.31. The van der Waals surface area contributed by atoms with Gasteiger partial charge in [0.1, 0.15) is 11.0 Å². The molecule has 0 saturated carbocycles. The monoisotopic (exact) mass is 313 g/mol. The summed E-state index contributed by atoms with van der Waals surface area (Å²) in [5.41, 5.74) is -0.0839. The fraction of sp³-hybridized carbons (Fsp3) is 0. The zero-order valence-electron chi connectivity index (χ0n) is 6.46. The second kappa shape index (κ2) is 4.07. The van der Waals surface area contributed by atoms with Crippen LogP contribution >= 0.6 is 38.2 Å². The first-order valence-electron chi connectivity index (χ1n) is 3.20. The van der Waals surface area contributed by atoms with Crippen LogP contribution in [0.4, 0.5) is 0 Å². The molecule has 0 heterocycles. The lowest BCUT2D eigenvalue weighted by molar-refractivity contribution is 0.609. The molecule has 7 heteroatoms. The van der Waals surface area contributed by atoms with Crippen LogP contribution in [-0.4, -0.2) is 8.42 Å². The van der Waals surface area contributed by atoms with E-state index in [1.165, 1.54) is 12.1 Å². The van der Waals surface area contributed by atoms with Crippen LogP contribution in [0.15, 0.2) is 21.5 Å². The number of benzene rings is 1. The van der Waals surface area contributed by atoms with E-state index in [2.05, 4.69) is 15.9 Å². The summed E-state index contributed by atoms with van der Waals surface area (Å²) in [6.45, 7) is 0. The molecule has 1 aromatic carbocycles. The summed E-state index contributed by atoms with van der Waals surface area (Å²) in [4.78, 5) is -0.355. The lowest BCUT2D eigenvalue weighted by atomic mass is 10.2. The third-order valence-corrected chi connectivity index (χ3v) is 3.63. The molecule has 0 unspecified atom stereocenters. The van der Waals surface area contributed by atoms with Gasteiger partial charge in [-0.05, 0) is 12.1 Å². The van der Waals surface area contributed by atoms with Gasteiger partial charge in [-0.2, -0.15) is 5.26 Å². The van der Waals surface area contributed by atoms with E-state index in [1.54, 1.807) is 6.07 Å². The summed E-state index contributed by atoms with van der Waals surface area (Å²) in [7, 11) is 1.13. The van der Waals surface area contributed by atoms with Gasteiger partial charge in [-0.25, -0.2) is 8.42 Å². The van der Waals surface area contributed by atoms with Gasteiger partial charge in [-0.1, -0.05) is 27.5 Å². The Labute approximate surface area is 98.8 Å². The Morgan fingerprint density at radius 1 is 1.43 bits per heavy atom. The highest BCUT2D eigenvalue weighted by atomic mass is 79.9. The maximum Gasteiger partial charge on any atom is 0.264 e. The third-order valence-electron chi connectivity index (χ3n) is 1.37. The van der Waals surface area contributed by atoms with Crippen LogP contribution in [0.1, 0.15) is 5.56 Å². The first-order chi connectivity index (χ1) is 6.36. The van der Waals surface area contributed by atoms with Crippen molar-refractivity contribution < 1.29 is 8.42 Å². The van der Waals surface area contributed by atoms with Crippen LogP contribution in [-0.2, 0) is 9.05 Å². The fourth-order valence-electron chi connectivity index (χ4n) is 0.891. The Morgan fingerprint density at radius 2 is 2.00 bits per heavy atom. The summed E-state index contributed by atoms with van der Waals surface area (Å²) in [5.74, 6) is 0. The van der Waals surface area contributed by atoms with Gasteiger partial charge in [0.25, 0.3) is 9.05 Å². The van der Waals surface area contributed by atoms with Crippen LogP contribution in [0.5, 0.6) is 0 Å². The second-order valence-corrected chi connectivity index (χ2v) is 6.14. The number of hydrogen-bond acceptors (Lipinski definition) is 3. The Kier molecular flexibility index (Phi) is 3.43. The lowest BCUT2D eigenvalue weighted by Gasteiger charge is -2.02. The van der Waals surface area contributed by atoms with Gasteiger partial charge in [-0.15, -0.1) is 0 Å². The largest absolute Gasteiger partial charge is 0.264 e. The molecule has 14 heavy (non-hydrogen) atoms. The molecule has 0 fully saturated rings. The molecule has 0 N–H and O–H groups in total. The first-order valence-corrected chi connectivity index (χ1v) is 6.68. The summed E-state index contributed by atoms with van der Waals surface area (Å²) >= 11 is 8.73. The quantitative estimate of drug-likeness (QED) is 0.749. The van der Waals surface area contributed by atoms with Gasteiger partial charge < -0.3 is 0 Å². The van der Waals surface area contributed by atoms with Crippen LogP contribution < -0.4 is 0 Å². The van der Waals surface area contributed by atoms with Gasteiger partial charge >= 0.3 is 0 Å². The van der Waals surface area contributed by atoms with Crippen molar-refractivity contribution in [3.05, 3.63) is 27.2 Å². The van der Waals surface area contributed by atoms with E-state index in [-0.39, 0.29) is 15.5 Å². The van der Waals surface area contributed by atoms with Crippen molar-refractivity contribution in [3.63, 3.8) is 0 Å². The minimum Gasteiger partial charge on any atom is -0.207 e. The average Bonchev–Trinajstić information content (AvgIpc) is 1.99. The molecular weight excluding hydrogens is 313 g/mol. The molecule has 0 saturated heterocycles. The SMILES string of the molecule is N#Cc1cc(Br)cc(Cl)c1S(=O)(=O)Cl. The van der Waals surface area contributed by atoms with Crippen molar-refractivity contribution in [1.29, 1.82) is 5.26 Å². The van der Waals surface area contributed by atoms with E-state index in [0.717, 1.165) is 0 Å². The topological polar surface area (TPSA) is 57.9 Å². The second-order valence-electron chi connectivity index (χ2n) is 2.31. The number of halogens is 3. The van der Waals surface area contributed by atoms with E-state index in [0.29, 0.717) is 4.47 Å². The van der Waals surface area contributed by atoms with E-state index < -0.39 is 9.05 Å². The number of nitriles is 1. The summed E-state index contributed by atoms with van der Waals surface area (Å²) in [5, 5.41) is 8.60. The fourth-order valence-corrected chi connectivity index (χ4v) is 3.28. The minimum atomic E-state index is -4.00. The molecule has 0 aliphatic heterocycles. The molecule has 0 aliphatic rings. The van der Waals surface area contributed by atoms with Gasteiger partial charge in [0.05, 0.1) is 10.6 Å². The lowest BCUT2D eigenvalue weighted by Crippen LogP contribution is -1.96. The van der Waals surface area contributed by atoms with Gasteiger partial charge in [-0.3, -0.25) is 0 Å². The molecule has 1 rings (SSSR count). The zero-order valence-corrected chi connectivity index (χ0v) is 10.4. The summed E-state index contributed by atoms with van der Waals surface area (Å²) < 4.78 is 22.6. The molecule has 0 bridgehead atoms. The van der Waals surface area contributed by atoms with Crippen molar-refractivity contribution in [2.75, 3.05) is 0 Å². The Bertz CT molecular complexity index is 521. The van der Waals surface area contributed by atoms with E-state index in [4.69, 9.17) is 27.5 Å². The Morgan fingerprint density at radius 3 is 2.43 bits per heavy atom. The smallest absolute Gasteiger partial charge is 0.207 e. The van der Waals surface area contributed by atoms with Crippen LogP contribution in [0.25, 0.3) is 0 Å². The third kappa shape index (κ3) is 2.39. The predicted molar refractivity (Wildman–Crippen MR) is 56.9 cm³/mol. The minimum absolute atomic E-state index is 0.0778. The number of hydrogen-bond donors (Lipinski definition) is 0. The van der Waals surface area contributed by atoms with Crippen LogP contribution in [0.2, 0.25) is 5.02 Å². The van der Waals surface area contributed by atoms with E-state index >= 15 is 0 Å². The van der Waals surface area contributed by atoms with Crippen LogP contribution in [0.3, 0.4) is 0 Å². The van der Waals surface area contributed by atoms with Crippen molar-refractivity contribution in [2.45, 2.75) is 4.90 Å². The number of rotatable bonds is 1. The van der Waals surface area contributed by atoms with Gasteiger partial charge in [0.2, 0.25) is 0 Å².